The molecule has 5 nitrogen and oxygen atoms in total. The fraction of sp³-hybridized carbons (Fsp3) is 0.0588. The highest BCUT2D eigenvalue weighted by Crippen LogP contribution is 2.28. The Kier molecular flexibility index (Phi) is 4.46. The van der Waals surface area contributed by atoms with Gasteiger partial charge in [0.25, 0.3) is 5.91 Å². The van der Waals surface area contributed by atoms with Crippen molar-refractivity contribution >= 4 is 32.8 Å². The number of sulfone groups is 1. The van der Waals surface area contributed by atoms with Gasteiger partial charge in [-0.1, -0.05) is 17.7 Å². The number of carbonyl (C=O) groups is 1. The summed E-state index contributed by atoms with van der Waals surface area (Å²) in [4.78, 5) is 16.7. The van der Waals surface area contributed by atoms with E-state index in [0.717, 1.165) is 16.9 Å². The fourth-order valence-electron chi connectivity index (χ4n) is 2.05. The Morgan fingerprint density at radius 2 is 1.83 bits per heavy atom. The van der Waals surface area contributed by atoms with Gasteiger partial charge >= 0.3 is 0 Å². The Hall–Kier alpha value is -2.51. The Morgan fingerprint density at radius 1 is 1.08 bits per heavy atom. The van der Waals surface area contributed by atoms with Crippen molar-refractivity contribution in [1.82, 2.24) is 4.98 Å². The molecular weight excluding hydrogens is 344 g/mol. The summed E-state index contributed by atoms with van der Waals surface area (Å²) in [5, 5.41) is 2.68. The number of aryl methyl sites for hydroxylation is 1. The number of thiophene rings is 1. The second-order valence-electron chi connectivity index (χ2n) is 5.13. The second kappa shape index (κ2) is 6.54. The Morgan fingerprint density at radius 3 is 2.50 bits per heavy atom. The number of rotatable bonds is 4. The molecule has 0 fully saturated rings. The van der Waals surface area contributed by atoms with Gasteiger partial charge in [0.15, 0.2) is 0 Å². The number of pyridine rings is 1. The van der Waals surface area contributed by atoms with E-state index in [1.807, 2.05) is 6.92 Å². The summed E-state index contributed by atoms with van der Waals surface area (Å²) in [5.41, 5.74) is 1.54. The summed E-state index contributed by atoms with van der Waals surface area (Å²) < 4.78 is 25.4. The van der Waals surface area contributed by atoms with Crippen LogP contribution in [0.5, 0.6) is 0 Å². The predicted molar refractivity (Wildman–Crippen MR) is 93.1 cm³/mol. The third kappa shape index (κ3) is 3.37. The van der Waals surface area contributed by atoms with Gasteiger partial charge in [-0.25, -0.2) is 8.42 Å². The van der Waals surface area contributed by atoms with Crippen LogP contribution < -0.4 is 5.32 Å². The molecule has 0 aliphatic carbocycles. The summed E-state index contributed by atoms with van der Waals surface area (Å²) in [5.74, 6) is -0.363. The van der Waals surface area contributed by atoms with E-state index in [2.05, 4.69) is 10.3 Å². The van der Waals surface area contributed by atoms with Crippen LogP contribution in [0.15, 0.2) is 70.0 Å². The number of carbonyl (C=O) groups excluding carboxylic acids is 1. The number of amides is 1. The third-order valence-electron chi connectivity index (χ3n) is 3.32. The molecule has 122 valence electrons. The molecule has 0 unspecified atom stereocenters. The summed E-state index contributed by atoms with van der Waals surface area (Å²) in [6, 6.07) is 13.0. The zero-order valence-electron chi connectivity index (χ0n) is 12.8. The van der Waals surface area contributed by atoms with Crippen molar-refractivity contribution in [2.75, 3.05) is 5.32 Å². The number of nitrogens with zero attached hydrogens (tertiary/aromatic N) is 1. The van der Waals surface area contributed by atoms with Crippen LogP contribution in [-0.2, 0) is 9.84 Å². The van der Waals surface area contributed by atoms with Crippen LogP contribution in [0.3, 0.4) is 0 Å². The van der Waals surface area contributed by atoms with Crippen molar-refractivity contribution in [1.29, 1.82) is 0 Å². The number of aromatic nitrogens is 1. The van der Waals surface area contributed by atoms with Crippen LogP contribution >= 0.6 is 11.3 Å². The molecule has 2 heterocycles. The number of benzene rings is 1. The van der Waals surface area contributed by atoms with Crippen LogP contribution in [0.2, 0.25) is 0 Å². The molecule has 0 bridgehead atoms. The van der Waals surface area contributed by atoms with E-state index >= 15 is 0 Å². The first kappa shape index (κ1) is 16.4. The third-order valence-corrected chi connectivity index (χ3v) is 6.67. The first-order valence-electron chi connectivity index (χ1n) is 7.10. The van der Waals surface area contributed by atoms with Crippen molar-refractivity contribution in [3.05, 3.63) is 71.4 Å². The molecule has 0 aliphatic rings. The van der Waals surface area contributed by atoms with Gasteiger partial charge in [0, 0.05) is 6.20 Å². The molecular formula is C17H14N2O3S2. The normalized spacial score (nSPS) is 11.2. The van der Waals surface area contributed by atoms with E-state index in [4.69, 9.17) is 0 Å². The molecule has 0 spiro atoms. The van der Waals surface area contributed by atoms with E-state index in [1.165, 1.54) is 18.3 Å². The molecule has 0 saturated heterocycles. The maximum absolute atomic E-state index is 12.6. The van der Waals surface area contributed by atoms with E-state index < -0.39 is 9.84 Å². The van der Waals surface area contributed by atoms with Crippen LogP contribution in [0.1, 0.15) is 15.2 Å². The highest BCUT2D eigenvalue weighted by Gasteiger charge is 2.21. The van der Waals surface area contributed by atoms with E-state index in [0.29, 0.717) is 10.6 Å². The zero-order valence-corrected chi connectivity index (χ0v) is 14.4. The van der Waals surface area contributed by atoms with Crippen LogP contribution in [0.25, 0.3) is 0 Å². The molecule has 3 rings (SSSR count). The molecule has 0 radical (unpaired) electrons. The van der Waals surface area contributed by atoms with Crippen LogP contribution in [0, 0.1) is 6.92 Å². The Labute approximate surface area is 143 Å². The monoisotopic (exact) mass is 358 g/mol. The Bertz CT molecular complexity index is 963. The van der Waals surface area contributed by atoms with E-state index in [1.54, 1.807) is 42.6 Å². The molecule has 24 heavy (non-hydrogen) atoms. The van der Waals surface area contributed by atoms with Gasteiger partial charge in [-0.3, -0.25) is 9.78 Å². The predicted octanol–water partition coefficient (Wildman–Crippen LogP) is 3.54. The number of hydrogen-bond acceptors (Lipinski definition) is 5. The molecule has 1 N–H and O–H groups in total. The minimum atomic E-state index is -3.62. The van der Waals surface area contributed by atoms with Gasteiger partial charge in [0.1, 0.15) is 4.21 Å². The van der Waals surface area contributed by atoms with Crippen molar-refractivity contribution in [2.24, 2.45) is 0 Å². The van der Waals surface area contributed by atoms with E-state index in [9.17, 15) is 13.2 Å². The lowest BCUT2D eigenvalue weighted by Crippen LogP contribution is -2.10. The lowest BCUT2D eigenvalue weighted by molar-refractivity contribution is 0.103. The van der Waals surface area contributed by atoms with Crippen LogP contribution in [0.4, 0.5) is 5.69 Å². The molecule has 1 amide bonds. The van der Waals surface area contributed by atoms with Crippen LogP contribution in [-0.4, -0.2) is 19.3 Å². The van der Waals surface area contributed by atoms with Crippen molar-refractivity contribution in [3.63, 3.8) is 0 Å². The quantitative estimate of drug-likeness (QED) is 0.774. The average Bonchev–Trinajstić information content (AvgIpc) is 3.07. The largest absolute Gasteiger partial charge is 0.320 e. The summed E-state index contributed by atoms with van der Waals surface area (Å²) in [7, 11) is -3.62. The molecule has 0 saturated carbocycles. The highest BCUT2D eigenvalue weighted by molar-refractivity contribution is 7.93. The molecule has 0 atom stereocenters. The smallest absolute Gasteiger partial charge is 0.265 e. The molecule has 1 aromatic carbocycles. The van der Waals surface area contributed by atoms with Gasteiger partial charge < -0.3 is 5.32 Å². The lowest BCUT2D eigenvalue weighted by atomic mass is 10.2. The molecule has 3 aromatic rings. The van der Waals surface area contributed by atoms with Crippen molar-refractivity contribution in [3.8, 4) is 0 Å². The first-order chi connectivity index (χ1) is 11.5. The Balaban J connectivity index is 1.84. The SMILES string of the molecule is Cc1ccc(S(=O)(=O)c2ccc(C(=O)Nc3cccnc3)s2)cc1. The topological polar surface area (TPSA) is 76.1 Å². The number of hydrogen-bond donors (Lipinski definition) is 1. The van der Waals surface area contributed by atoms with Gasteiger partial charge in [-0.05, 0) is 43.3 Å². The van der Waals surface area contributed by atoms with Gasteiger partial charge in [-0.2, -0.15) is 0 Å². The minimum absolute atomic E-state index is 0.141. The number of anilines is 1. The van der Waals surface area contributed by atoms with Crippen molar-refractivity contribution < 1.29 is 13.2 Å². The zero-order chi connectivity index (χ0) is 17.2. The van der Waals surface area contributed by atoms with Crippen molar-refractivity contribution in [2.45, 2.75) is 16.0 Å². The standard InChI is InChI=1S/C17H14N2O3S2/c1-12-4-6-14(7-5-12)24(21,22)16-9-8-15(23-16)17(20)19-13-3-2-10-18-11-13/h2-11H,1H3,(H,19,20). The summed E-state index contributed by atoms with van der Waals surface area (Å²) in [6.07, 6.45) is 3.13. The first-order valence-corrected chi connectivity index (χ1v) is 9.40. The van der Waals surface area contributed by atoms with Gasteiger partial charge in [0.05, 0.1) is 21.7 Å². The minimum Gasteiger partial charge on any atom is -0.320 e. The van der Waals surface area contributed by atoms with Gasteiger partial charge in [0.2, 0.25) is 9.84 Å². The number of nitrogens with one attached hydrogen (secondary N) is 1. The second-order valence-corrected chi connectivity index (χ2v) is 8.39. The van der Waals surface area contributed by atoms with Gasteiger partial charge in [-0.15, -0.1) is 11.3 Å². The highest BCUT2D eigenvalue weighted by atomic mass is 32.2. The molecule has 2 aromatic heterocycles. The molecule has 0 aliphatic heterocycles. The summed E-state index contributed by atoms with van der Waals surface area (Å²) in [6.45, 7) is 1.89. The fourth-order valence-corrected chi connectivity index (χ4v) is 4.65. The van der Waals surface area contributed by atoms with E-state index in [-0.39, 0.29) is 15.0 Å². The maximum atomic E-state index is 12.6. The maximum Gasteiger partial charge on any atom is 0.265 e. The summed E-state index contributed by atoms with van der Waals surface area (Å²) >= 11 is 0.946. The molecule has 7 heteroatoms. The average molecular weight is 358 g/mol. The lowest BCUT2D eigenvalue weighted by Gasteiger charge is -2.03.